The van der Waals surface area contributed by atoms with Gasteiger partial charge in [0.1, 0.15) is 5.78 Å². The van der Waals surface area contributed by atoms with Crippen molar-refractivity contribution in [2.24, 2.45) is 17.3 Å². The van der Waals surface area contributed by atoms with Crippen molar-refractivity contribution in [1.29, 1.82) is 0 Å². The van der Waals surface area contributed by atoms with Crippen LogP contribution in [0.1, 0.15) is 91.4 Å². The Morgan fingerprint density at radius 2 is 1.77 bits per heavy atom. The van der Waals surface area contributed by atoms with Crippen LogP contribution in [0.25, 0.3) is 0 Å². The fourth-order valence-electron chi connectivity index (χ4n) is 3.60. The van der Waals surface area contributed by atoms with E-state index in [9.17, 15) is 9.59 Å². The Bertz CT molecular complexity index is 482. The Balaban J connectivity index is 2.22. The number of allylic oxidation sites excluding steroid dienone is 4. The van der Waals surface area contributed by atoms with E-state index in [1.807, 2.05) is 0 Å². The van der Waals surface area contributed by atoms with Crippen LogP contribution in [-0.2, 0) is 9.59 Å². The van der Waals surface area contributed by atoms with E-state index in [0.717, 1.165) is 64.2 Å². The molecule has 0 aromatic rings. The number of carbonyl (C=O) groups is 2. The van der Waals surface area contributed by atoms with Crippen LogP contribution in [0.15, 0.2) is 24.3 Å². The van der Waals surface area contributed by atoms with Gasteiger partial charge < -0.3 is 5.11 Å². The zero-order valence-electron chi connectivity index (χ0n) is 17.0. The second-order valence-corrected chi connectivity index (χ2v) is 8.75. The number of carboxylic acids is 1. The molecular formula is C23H38O3. The molecule has 2 atom stereocenters. The smallest absolute Gasteiger partial charge is 0.303 e. The fourth-order valence-corrected chi connectivity index (χ4v) is 3.60. The normalized spacial score (nSPS) is 21.3. The molecule has 0 bridgehead atoms. The van der Waals surface area contributed by atoms with Crippen molar-refractivity contribution >= 4 is 11.8 Å². The number of carbonyl (C=O) groups excluding carboxylic acids is 1. The lowest BCUT2D eigenvalue weighted by molar-refractivity contribution is -0.137. The number of unbranched alkanes of at least 4 members (excludes halogenated alkanes) is 5. The first-order chi connectivity index (χ1) is 12.3. The van der Waals surface area contributed by atoms with E-state index in [0.29, 0.717) is 11.7 Å². The lowest BCUT2D eigenvalue weighted by atomic mass is 9.89. The van der Waals surface area contributed by atoms with E-state index in [1.165, 1.54) is 0 Å². The Hall–Kier alpha value is -1.38. The monoisotopic (exact) mass is 362 g/mol. The SMILES string of the molecule is CC(C)(C)C=CCCCC=C[C@H]1CCC(=O)[C@@H]1CCCCCCC(=O)O. The Morgan fingerprint density at radius 1 is 1.08 bits per heavy atom. The van der Waals surface area contributed by atoms with Crippen molar-refractivity contribution in [2.45, 2.75) is 91.4 Å². The minimum atomic E-state index is -0.713. The van der Waals surface area contributed by atoms with E-state index in [-0.39, 0.29) is 17.8 Å². The number of Topliss-reactive ketones (excluding diaryl/α,β-unsaturated/α-hetero) is 1. The third-order valence-electron chi connectivity index (χ3n) is 5.05. The van der Waals surface area contributed by atoms with Gasteiger partial charge in [0.2, 0.25) is 0 Å². The molecule has 0 saturated heterocycles. The van der Waals surface area contributed by atoms with Crippen LogP contribution in [0.2, 0.25) is 0 Å². The van der Waals surface area contributed by atoms with Crippen LogP contribution >= 0.6 is 0 Å². The highest BCUT2D eigenvalue weighted by molar-refractivity contribution is 5.83. The molecule has 1 aliphatic carbocycles. The first kappa shape index (κ1) is 22.7. The third-order valence-corrected chi connectivity index (χ3v) is 5.05. The Labute approximate surface area is 160 Å². The summed E-state index contributed by atoms with van der Waals surface area (Å²) in [5.41, 5.74) is 0.265. The number of carboxylic acid groups (broad SMARTS) is 1. The summed E-state index contributed by atoms with van der Waals surface area (Å²) >= 11 is 0. The van der Waals surface area contributed by atoms with Crippen LogP contribution in [0.3, 0.4) is 0 Å². The number of hydrogen-bond acceptors (Lipinski definition) is 2. The molecule has 1 N–H and O–H groups in total. The summed E-state index contributed by atoms with van der Waals surface area (Å²) in [6.45, 7) is 6.65. The minimum absolute atomic E-state index is 0.200. The Kier molecular flexibility index (Phi) is 10.5. The third kappa shape index (κ3) is 10.6. The van der Waals surface area contributed by atoms with Gasteiger partial charge in [-0.2, -0.15) is 0 Å². The van der Waals surface area contributed by atoms with Crippen molar-refractivity contribution in [3.8, 4) is 0 Å². The quantitative estimate of drug-likeness (QED) is 0.326. The van der Waals surface area contributed by atoms with Gasteiger partial charge in [-0.3, -0.25) is 9.59 Å². The molecule has 1 rings (SSSR count). The van der Waals surface area contributed by atoms with Gasteiger partial charge in [0.25, 0.3) is 0 Å². The van der Waals surface area contributed by atoms with E-state index in [4.69, 9.17) is 5.11 Å². The number of ketones is 1. The lowest BCUT2D eigenvalue weighted by Crippen LogP contribution is -2.13. The molecule has 0 amide bonds. The van der Waals surface area contributed by atoms with Gasteiger partial charge in [-0.1, -0.05) is 64.3 Å². The minimum Gasteiger partial charge on any atom is -0.481 e. The molecule has 0 radical (unpaired) electrons. The summed E-state index contributed by atoms with van der Waals surface area (Å²) in [5.74, 6) is 0.339. The Morgan fingerprint density at radius 3 is 2.46 bits per heavy atom. The largest absolute Gasteiger partial charge is 0.481 e. The van der Waals surface area contributed by atoms with Crippen LogP contribution < -0.4 is 0 Å². The van der Waals surface area contributed by atoms with Crippen molar-refractivity contribution in [2.75, 3.05) is 0 Å². The molecule has 0 aromatic heterocycles. The topological polar surface area (TPSA) is 54.4 Å². The van der Waals surface area contributed by atoms with Crippen LogP contribution in [0.4, 0.5) is 0 Å². The fraction of sp³-hybridized carbons (Fsp3) is 0.739. The van der Waals surface area contributed by atoms with Gasteiger partial charge >= 0.3 is 5.97 Å². The molecule has 0 aliphatic heterocycles. The molecule has 0 heterocycles. The summed E-state index contributed by atoms with van der Waals surface area (Å²) in [6, 6.07) is 0. The van der Waals surface area contributed by atoms with Gasteiger partial charge in [-0.25, -0.2) is 0 Å². The molecule has 148 valence electrons. The van der Waals surface area contributed by atoms with Crippen LogP contribution in [-0.4, -0.2) is 16.9 Å². The second kappa shape index (κ2) is 12.1. The van der Waals surface area contributed by atoms with Crippen molar-refractivity contribution in [3.05, 3.63) is 24.3 Å². The number of rotatable bonds is 12. The molecule has 0 spiro atoms. The highest BCUT2D eigenvalue weighted by atomic mass is 16.4. The molecular weight excluding hydrogens is 324 g/mol. The predicted octanol–water partition coefficient (Wildman–Crippen LogP) is 6.34. The van der Waals surface area contributed by atoms with Gasteiger partial charge in [-0.15, -0.1) is 0 Å². The molecule has 26 heavy (non-hydrogen) atoms. The number of aliphatic carboxylic acids is 1. The van der Waals surface area contributed by atoms with Crippen LogP contribution in [0.5, 0.6) is 0 Å². The van der Waals surface area contributed by atoms with E-state index in [2.05, 4.69) is 45.1 Å². The molecule has 1 fully saturated rings. The maximum absolute atomic E-state index is 12.1. The molecule has 0 aromatic carbocycles. The van der Waals surface area contributed by atoms with Gasteiger partial charge in [0, 0.05) is 18.8 Å². The highest BCUT2D eigenvalue weighted by Crippen LogP contribution is 2.34. The zero-order valence-corrected chi connectivity index (χ0v) is 17.0. The van der Waals surface area contributed by atoms with Crippen molar-refractivity contribution in [1.82, 2.24) is 0 Å². The number of hydrogen-bond donors (Lipinski definition) is 1. The van der Waals surface area contributed by atoms with Crippen molar-refractivity contribution in [3.63, 3.8) is 0 Å². The summed E-state index contributed by atoms with van der Waals surface area (Å²) in [6.07, 6.45) is 19.2. The molecule has 1 aliphatic rings. The first-order valence-electron chi connectivity index (χ1n) is 10.4. The van der Waals surface area contributed by atoms with Gasteiger partial charge in [0.05, 0.1) is 0 Å². The molecule has 3 heteroatoms. The first-order valence-corrected chi connectivity index (χ1v) is 10.4. The average molecular weight is 363 g/mol. The van der Waals surface area contributed by atoms with E-state index >= 15 is 0 Å². The maximum Gasteiger partial charge on any atom is 0.303 e. The summed E-state index contributed by atoms with van der Waals surface area (Å²) in [7, 11) is 0. The highest BCUT2D eigenvalue weighted by Gasteiger charge is 2.31. The van der Waals surface area contributed by atoms with Crippen molar-refractivity contribution < 1.29 is 14.7 Å². The van der Waals surface area contributed by atoms with E-state index < -0.39 is 5.97 Å². The van der Waals surface area contributed by atoms with Gasteiger partial charge in [-0.05, 0) is 49.9 Å². The standard InChI is InChI=1S/C23H38O3/c1-23(2,3)18-12-8-4-5-9-13-19-16-17-21(24)20(19)14-10-6-7-11-15-22(25)26/h9,12-13,18-20H,4-8,10-11,14-17H2,1-3H3,(H,25,26)/t19-,20+/m0/s1. The molecule has 3 nitrogen and oxygen atoms in total. The summed E-state index contributed by atoms with van der Waals surface area (Å²) in [4.78, 5) is 22.6. The summed E-state index contributed by atoms with van der Waals surface area (Å²) < 4.78 is 0. The van der Waals surface area contributed by atoms with E-state index in [1.54, 1.807) is 0 Å². The lowest BCUT2D eigenvalue weighted by Gasteiger charge is -2.14. The average Bonchev–Trinajstić information content (AvgIpc) is 2.89. The maximum atomic E-state index is 12.1. The molecule has 0 unspecified atom stereocenters. The predicted molar refractivity (Wildman–Crippen MR) is 108 cm³/mol. The van der Waals surface area contributed by atoms with Gasteiger partial charge in [0.15, 0.2) is 0 Å². The second-order valence-electron chi connectivity index (χ2n) is 8.75. The van der Waals surface area contributed by atoms with Crippen LogP contribution in [0, 0.1) is 17.3 Å². The summed E-state index contributed by atoms with van der Waals surface area (Å²) in [5, 5.41) is 8.64. The molecule has 1 saturated carbocycles. The zero-order chi connectivity index (χ0) is 19.4.